The standard InChI is InChI=1S/C14H18/c1-5-6-7-8-14-12(3)9-11(2)10-13(14)4/h9-10H,5-6H2,1-4H3. The molecule has 0 bridgehead atoms. The third-order valence-electron chi connectivity index (χ3n) is 2.27. The van der Waals surface area contributed by atoms with Crippen molar-refractivity contribution in [3.8, 4) is 11.8 Å². The van der Waals surface area contributed by atoms with Crippen molar-refractivity contribution in [2.45, 2.75) is 40.5 Å². The Morgan fingerprint density at radius 3 is 2.14 bits per heavy atom. The maximum Gasteiger partial charge on any atom is 0.0303 e. The van der Waals surface area contributed by atoms with Gasteiger partial charge in [0.25, 0.3) is 0 Å². The molecule has 1 rings (SSSR count). The lowest BCUT2D eigenvalue weighted by Gasteiger charge is -2.04. The Labute approximate surface area is 87.4 Å². The van der Waals surface area contributed by atoms with Crippen LogP contribution < -0.4 is 0 Å². The van der Waals surface area contributed by atoms with Gasteiger partial charge < -0.3 is 0 Å². The predicted octanol–water partition coefficient (Wildman–Crippen LogP) is 3.76. The van der Waals surface area contributed by atoms with Crippen LogP contribution in [0.1, 0.15) is 42.0 Å². The molecule has 0 aliphatic rings. The summed E-state index contributed by atoms with van der Waals surface area (Å²) in [5.41, 5.74) is 5.13. The van der Waals surface area contributed by atoms with Gasteiger partial charge in [-0.05, 0) is 38.3 Å². The Kier molecular flexibility index (Phi) is 3.77. The van der Waals surface area contributed by atoms with Crippen LogP contribution in [0.3, 0.4) is 0 Å². The second-order valence-electron chi connectivity index (χ2n) is 3.83. The highest BCUT2D eigenvalue weighted by atomic mass is 14.0. The molecule has 0 N–H and O–H groups in total. The average Bonchev–Trinajstić information content (AvgIpc) is 2.09. The summed E-state index contributed by atoms with van der Waals surface area (Å²) in [6, 6.07) is 4.39. The zero-order valence-electron chi connectivity index (χ0n) is 9.57. The Bertz CT molecular complexity index is 352. The van der Waals surface area contributed by atoms with Gasteiger partial charge in [0.15, 0.2) is 0 Å². The van der Waals surface area contributed by atoms with E-state index in [-0.39, 0.29) is 0 Å². The molecule has 0 amide bonds. The molecule has 0 atom stereocenters. The van der Waals surface area contributed by atoms with E-state index >= 15 is 0 Å². The highest BCUT2D eigenvalue weighted by molar-refractivity contribution is 5.48. The van der Waals surface area contributed by atoms with Crippen molar-refractivity contribution in [2.75, 3.05) is 0 Å². The van der Waals surface area contributed by atoms with Crippen molar-refractivity contribution in [2.24, 2.45) is 0 Å². The van der Waals surface area contributed by atoms with Crippen molar-refractivity contribution < 1.29 is 0 Å². The quantitative estimate of drug-likeness (QED) is 0.586. The highest BCUT2D eigenvalue weighted by Crippen LogP contribution is 2.14. The number of rotatable bonds is 1. The summed E-state index contributed by atoms with van der Waals surface area (Å²) < 4.78 is 0. The third kappa shape index (κ3) is 2.64. The first kappa shape index (κ1) is 10.9. The fourth-order valence-electron chi connectivity index (χ4n) is 1.65. The smallest absolute Gasteiger partial charge is 0.0303 e. The van der Waals surface area contributed by atoms with Gasteiger partial charge in [-0.1, -0.05) is 36.5 Å². The molecule has 0 heterocycles. The molecule has 0 nitrogen and oxygen atoms in total. The van der Waals surface area contributed by atoms with Crippen LogP contribution in [-0.2, 0) is 0 Å². The SMILES string of the molecule is CCCC#Cc1c(C)cc(C)cc1C. The molecular formula is C14H18. The van der Waals surface area contributed by atoms with Crippen molar-refractivity contribution >= 4 is 0 Å². The molecule has 0 aliphatic heterocycles. The first-order valence-corrected chi connectivity index (χ1v) is 5.22. The lowest BCUT2D eigenvalue weighted by molar-refractivity contribution is 0.983. The Morgan fingerprint density at radius 1 is 1.07 bits per heavy atom. The molecule has 0 radical (unpaired) electrons. The highest BCUT2D eigenvalue weighted by Gasteiger charge is 1.99. The van der Waals surface area contributed by atoms with E-state index in [1.165, 1.54) is 22.3 Å². The van der Waals surface area contributed by atoms with E-state index in [0.717, 1.165) is 12.8 Å². The molecule has 1 aromatic rings. The summed E-state index contributed by atoms with van der Waals surface area (Å²) in [6.45, 7) is 8.55. The van der Waals surface area contributed by atoms with Crippen LogP contribution in [0.15, 0.2) is 12.1 Å². The average molecular weight is 186 g/mol. The van der Waals surface area contributed by atoms with Crippen LogP contribution in [0.4, 0.5) is 0 Å². The van der Waals surface area contributed by atoms with Gasteiger partial charge in [-0.2, -0.15) is 0 Å². The van der Waals surface area contributed by atoms with E-state index < -0.39 is 0 Å². The lowest BCUT2D eigenvalue weighted by Crippen LogP contribution is -1.89. The van der Waals surface area contributed by atoms with E-state index in [4.69, 9.17) is 0 Å². The molecule has 0 aliphatic carbocycles. The van der Waals surface area contributed by atoms with Crippen LogP contribution in [0.25, 0.3) is 0 Å². The van der Waals surface area contributed by atoms with Gasteiger partial charge in [0.2, 0.25) is 0 Å². The number of benzene rings is 1. The molecule has 0 aromatic heterocycles. The minimum Gasteiger partial charge on any atom is -0.0979 e. The summed E-state index contributed by atoms with van der Waals surface area (Å²) >= 11 is 0. The second-order valence-corrected chi connectivity index (χ2v) is 3.83. The van der Waals surface area contributed by atoms with Crippen molar-refractivity contribution in [3.05, 3.63) is 34.4 Å². The van der Waals surface area contributed by atoms with Gasteiger partial charge >= 0.3 is 0 Å². The molecule has 0 heteroatoms. The topological polar surface area (TPSA) is 0 Å². The van der Waals surface area contributed by atoms with E-state index in [9.17, 15) is 0 Å². The van der Waals surface area contributed by atoms with E-state index in [0.29, 0.717) is 0 Å². The van der Waals surface area contributed by atoms with E-state index in [1.54, 1.807) is 0 Å². The van der Waals surface area contributed by atoms with Crippen LogP contribution in [0.2, 0.25) is 0 Å². The van der Waals surface area contributed by atoms with Gasteiger partial charge in [0.1, 0.15) is 0 Å². The fraction of sp³-hybridized carbons (Fsp3) is 0.429. The maximum absolute atomic E-state index is 3.26. The zero-order chi connectivity index (χ0) is 10.6. The molecule has 1 aromatic carbocycles. The summed E-state index contributed by atoms with van der Waals surface area (Å²) in [6.07, 6.45) is 2.13. The molecule has 74 valence electrons. The van der Waals surface area contributed by atoms with Gasteiger partial charge in [0, 0.05) is 12.0 Å². The summed E-state index contributed by atoms with van der Waals surface area (Å²) in [5.74, 6) is 6.46. The number of hydrogen-bond donors (Lipinski definition) is 0. The summed E-state index contributed by atoms with van der Waals surface area (Å²) in [7, 11) is 0. The fourth-order valence-corrected chi connectivity index (χ4v) is 1.65. The largest absolute Gasteiger partial charge is 0.0979 e. The zero-order valence-corrected chi connectivity index (χ0v) is 9.57. The van der Waals surface area contributed by atoms with Crippen molar-refractivity contribution in [3.63, 3.8) is 0 Å². The minimum absolute atomic E-state index is 0.993. The first-order chi connectivity index (χ1) is 6.65. The summed E-state index contributed by atoms with van der Waals surface area (Å²) in [5, 5.41) is 0. The van der Waals surface area contributed by atoms with Gasteiger partial charge in [0.05, 0.1) is 0 Å². The number of unbranched alkanes of at least 4 members (excludes halogenated alkanes) is 1. The Morgan fingerprint density at radius 2 is 1.64 bits per heavy atom. The Balaban J connectivity index is 3.04. The first-order valence-electron chi connectivity index (χ1n) is 5.22. The van der Waals surface area contributed by atoms with Crippen LogP contribution >= 0.6 is 0 Å². The monoisotopic (exact) mass is 186 g/mol. The lowest BCUT2D eigenvalue weighted by atomic mass is 10.0. The minimum atomic E-state index is 0.993. The van der Waals surface area contributed by atoms with Crippen molar-refractivity contribution in [1.29, 1.82) is 0 Å². The molecule has 0 saturated heterocycles. The van der Waals surface area contributed by atoms with Gasteiger partial charge in [-0.25, -0.2) is 0 Å². The van der Waals surface area contributed by atoms with Crippen LogP contribution in [0.5, 0.6) is 0 Å². The molecular weight excluding hydrogens is 168 g/mol. The number of aryl methyl sites for hydroxylation is 3. The van der Waals surface area contributed by atoms with Crippen LogP contribution in [-0.4, -0.2) is 0 Å². The predicted molar refractivity (Wildman–Crippen MR) is 62.4 cm³/mol. The number of hydrogen-bond acceptors (Lipinski definition) is 0. The third-order valence-corrected chi connectivity index (χ3v) is 2.27. The van der Waals surface area contributed by atoms with Crippen LogP contribution in [0, 0.1) is 32.6 Å². The van der Waals surface area contributed by atoms with Crippen molar-refractivity contribution in [1.82, 2.24) is 0 Å². The normalized spacial score (nSPS) is 9.43. The molecule has 0 saturated carbocycles. The van der Waals surface area contributed by atoms with E-state index in [1.807, 2.05) is 0 Å². The molecule has 0 fully saturated rings. The second kappa shape index (κ2) is 4.86. The van der Waals surface area contributed by atoms with E-state index in [2.05, 4.69) is 51.7 Å². The Hall–Kier alpha value is -1.22. The molecule has 0 spiro atoms. The maximum atomic E-state index is 3.26. The molecule has 14 heavy (non-hydrogen) atoms. The van der Waals surface area contributed by atoms with Gasteiger partial charge in [-0.3, -0.25) is 0 Å². The summed E-state index contributed by atoms with van der Waals surface area (Å²) in [4.78, 5) is 0. The van der Waals surface area contributed by atoms with Gasteiger partial charge in [-0.15, -0.1) is 0 Å². The molecule has 0 unspecified atom stereocenters.